The van der Waals surface area contributed by atoms with Crippen molar-refractivity contribution in [1.29, 1.82) is 0 Å². The fourth-order valence-corrected chi connectivity index (χ4v) is 3.61. The van der Waals surface area contributed by atoms with E-state index in [1.54, 1.807) is 23.5 Å². The Morgan fingerprint density at radius 2 is 0.964 bits per heavy atom. The van der Waals surface area contributed by atoms with Gasteiger partial charge in [0.05, 0.1) is 11.0 Å². The first kappa shape index (κ1) is 18.7. The average molecular weight is 405 g/mol. The Bertz CT molecular complexity index is 992. The Labute approximate surface area is 173 Å². The van der Waals surface area contributed by atoms with E-state index in [0.29, 0.717) is 11.6 Å². The van der Waals surface area contributed by atoms with Crippen LogP contribution in [0, 0.1) is 0 Å². The molecular formula is C22H20N4S2. The molecule has 1 aromatic heterocycles. The standard InChI is InChI=1S/C22H20N4S2/c1-27-17-11-7-15(8-12-17)23-21-22(24-16-9-13-18(28-2)14-10-16)26-20-6-4-3-5-19(20)25-21/h3-14H,1-2H3,(H,23,25)(H,24,26). The van der Waals surface area contributed by atoms with Crippen molar-refractivity contribution >= 4 is 57.6 Å². The highest BCUT2D eigenvalue weighted by Crippen LogP contribution is 2.29. The molecule has 0 spiro atoms. The third kappa shape index (κ3) is 4.24. The van der Waals surface area contributed by atoms with Crippen molar-refractivity contribution in [2.45, 2.75) is 9.79 Å². The van der Waals surface area contributed by atoms with Gasteiger partial charge in [-0.3, -0.25) is 0 Å². The van der Waals surface area contributed by atoms with Crippen molar-refractivity contribution in [2.24, 2.45) is 0 Å². The van der Waals surface area contributed by atoms with Gasteiger partial charge >= 0.3 is 0 Å². The second-order valence-electron chi connectivity index (χ2n) is 6.12. The quantitative estimate of drug-likeness (QED) is 0.355. The highest BCUT2D eigenvalue weighted by molar-refractivity contribution is 7.98. The smallest absolute Gasteiger partial charge is 0.174 e. The third-order valence-corrected chi connectivity index (χ3v) is 5.76. The largest absolute Gasteiger partial charge is 0.337 e. The van der Waals surface area contributed by atoms with Crippen LogP contribution in [0.1, 0.15) is 0 Å². The molecule has 28 heavy (non-hydrogen) atoms. The number of hydrogen-bond acceptors (Lipinski definition) is 6. The molecule has 0 amide bonds. The van der Waals surface area contributed by atoms with E-state index in [1.165, 1.54) is 9.79 Å². The number of hydrogen-bond donors (Lipinski definition) is 2. The lowest BCUT2D eigenvalue weighted by molar-refractivity contribution is 1.26. The van der Waals surface area contributed by atoms with Crippen molar-refractivity contribution in [3.63, 3.8) is 0 Å². The summed E-state index contributed by atoms with van der Waals surface area (Å²) in [6.07, 6.45) is 4.14. The van der Waals surface area contributed by atoms with Gasteiger partial charge in [-0.25, -0.2) is 9.97 Å². The Morgan fingerprint density at radius 1 is 0.571 bits per heavy atom. The molecule has 4 aromatic rings. The van der Waals surface area contributed by atoms with E-state index in [1.807, 2.05) is 24.3 Å². The summed E-state index contributed by atoms with van der Waals surface area (Å²) in [6.45, 7) is 0. The lowest BCUT2D eigenvalue weighted by Crippen LogP contribution is -2.03. The van der Waals surface area contributed by atoms with Crippen LogP contribution in [0.5, 0.6) is 0 Å². The molecular weight excluding hydrogens is 384 g/mol. The molecule has 0 saturated carbocycles. The number of nitrogens with one attached hydrogen (secondary N) is 2. The van der Waals surface area contributed by atoms with Gasteiger partial charge < -0.3 is 10.6 Å². The number of anilines is 4. The second kappa shape index (κ2) is 8.54. The summed E-state index contributed by atoms with van der Waals surface area (Å²) >= 11 is 3.45. The minimum Gasteiger partial charge on any atom is -0.337 e. The molecule has 0 bridgehead atoms. The number of nitrogens with zero attached hydrogens (tertiary/aromatic N) is 2. The van der Waals surface area contributed by atoms with Crippen LogP contribution in [0.4, 0.5) is 23.0 Å². The fourth-order valence-electron chi connectivity index (χ4n) is 2.80. The molecule has 140 valence electrons. The molecule has 6 heteroatoms. The monoisotopic (exact) mass is 404 g/mol. The van der Waals surface area contributed by atoms with Crippen molar-refractivity contribution in [3.8, 4) is 0 Å². The van der Waals surface area contributed by atoms with Crippen molar-refractivity contribution < 1.29 is 0 Å². The summed E-state index contributed by atoms with van der Waals surface area (Å²) in [4.78, 5) is 12.0. The van der Waals surface area contributed by atoms with Crippen LogP contribution in [0.25, 0.3) is 11.0 Å². The van der Waals surface area contributed by atoms with E-state index in [2.05, 4.69) is 71.7 Å². The molecule has 4 rings (SSSR count). The topological polar surface area (TPSA) is 49.8 Å². The molecule has 0 aliphatic heterocycles. The Morgan fingerprint density at radius 3 is 1.32 bits per heavy atom. The molecule has 0 saturated heterocycles. The number of rotatable bonds is 6. The van der Waals surface area contributed by atoms with Crippen molar-refractivity contribution in [2.75, 3.05) is 23.1 Å². The molecule has 0 radical (unpaired) electrons. The lowest BCUT2D eigenvalue weighted by Gasteiger charge is -2.14. The molecule has 1 heterocycles. The maximum atomic E-state index is 4.80. The fraction of sp³-hybridized carbons (Fsp3) is 0.0909. The zero-order valence-electron chi connectivity index (χ0n) is 15.6. The predicted molar refractivity (Wildman–Crippen MR) is 123 cm³/mol. The number of fused-ring (bicyclic) bond motifs is 1. The molecule has 0 unspecified atom stereocenters. The number of benzene rings is 3. The van der Waals surface area contributed by atoms with Gasteiger partial charge in [0.25, 0.3) is 0 Å². The number of thioether (sulfide) groups is 2. The zero-order valence-corrected chi connectivity index (χ0v) is 17.3. The van der Waals surface area contributed by atoms with E-state index in [-0.39, 0.29) is 0 Å². The van der Waals surface area contributed by atoms with Crippen LogP contribution in [-0.4, -0.2) is 22.5 Å². The van der Waals surface area contributed by atoms with Gasteiger partial charge in [0.1, 0.15) is 0 Å². The van der Waals surface area contributed by atoms with Crippen molar-refractivity contribution in [1.82, 2.24) is 9.97 Å². The van der Waals surface area contributed by atoms with Crippen LogP contribution >= 0.6 is 23.5 Å². The van der Waals surface area contributed by atoms with Crippen LogP contribution in [0.3, 0.4) is 0 Å². The normalized spacial score (nSPS) is 10.8. The van der Waals surface area contributed by atoms with Crippen LogP contribution in [0.2, 0.25) is 0 Å². The van der Waals surface area contributed by atoms with E-state index in [0.717, 1.165) is 22.4 Å². The summed E-state index contributed by atoms with van der Waals surface area (Å²) in [5.41, 5.74) is 3.66. The van der Waals surface area contributed by atoms with Crippen LogP contribution in [-0.2, 0) is 0 Å². The van der Waals surface area contributed by atoms with E-state index >= 15 is 0 Å². The highest BCUT2D eigenvalue weighted by Gasteiger charge is 2.10. The summed E-state index contributed by atoms with van der Waals surface area (Å²) in [5, 5.41) is 6.82. The Kier molecular flexibility index (Phi) is 5.69. The summed E-state index contributed by atoms with van der Waals surface area (Å²) < 4.78 is 0. The summed E-state index contributed by atoms with van der Waals surface area (Å²) in [7, 11) is 0. The van der Waals surface area contributed by atoms with Crippen molar-refractivity contribution in [3.05, 3.63) is 72.8 Å². The SMILES string of the molecule is CSc1ccc(Nc2nc3ccccc3nc2Nc2ccc(SC)cc2)cc1. The van der Waals surface area contributed by atoms with Gasteiger partial charge in [-0.1, -0.05) is 12.1 Å². The third-order valence-electron chi connectivity index (χ3n) is 4.28. The number of aromatic nitrogens is 2. The van der Waals surface area contributed by atoms with Crippen LogP contribution < -0.4 is 10.6 Å². The molecule has 3 aromatic carbocycles. The molecule has 0 aliphatic carbocycles. The average Bonchev–Trinajstić information content (AvgIpc) is 2.75. The molecule has 0 fully saturated rings. The van der Waals surface area contributed by atoms with E-state index in [4.69, 9.17) is 9.97 Å². The molecule has 2 N–H and O–H groups in total. The van der Waals surface area contributed by atoms with Gasteiger partial charge in [0, 0.05) is 21.2 Å². The molecule has 0 atom stereocenters. The summed E-state index contributed by atoms with van der Waals surface area (Å²) in [5.74, 6) is 1.40. The summed E-state index contributed by atoms with van der Waals surface area (Å²) in [6, 6.07) is 24.5. The van der Waals surface area contributed by atoms with Gasteiger partial charge in [-0.15, -0.1) is 23.5 Å². The van der Waals surface area contributed by atoms with E-state index < -0.39 is 0 Å². The zero-order chi connectivity index (χ0) is 19.3. The van der Waals surface area contributed by atoms with Gasteiger partial charge in [0.15, 0.2) is 11.6 Å². The molecule has 0 aliphatic rings. The first-order valence-electron chi connectivity index (χ1n) is 8.84. The van der Waals surface area contributed by atoms with Gasteiger partial charge in [-0.05, 0) is 73.2 Å². The Balaban J connectivity index is 1.70. The Hall–Kier alpha value is -2.70. The lowest BCUT2D eigenvalue weighted by atomic mass is 10.3. The minimum absolute atomic E-state index is 0.699. The second-order valence-corrected chi connectivity index (χ2v) is 7.88. The van der Waals surface area contributed by atoms with E-state index in [9.17, 15) is 0 Å². The maximum absolute atomic E-state index is 4.80. The van der Waals surface area contributed by atoms with Gasteiger partial charge in [0.2, 0.25) is 0 Å². The molecule has 4 nitrogen and oxygen atoms in total. The first-order chi connectivity index (χ1) is 13.7. The van der Waals surface area contributed by atoms with Gasteiger partial charge in [-0.2, -0.15) is 0 Å². The highest BCUT2D eigenvalue weighted by atomic mass is 32.2. The predicted octanol–water partition coefficient (Wildman–Crippen LogP) is 6.56. The minimum atomic E-state index is 0.699. The first-order valence-corrected chi connectivity index (χ1v) is 11.3. The van der Waals surface area contributed by atoms with Crippen LogP contribution in [0.15, 0.2) is 82.6 Å². The maximum Gasteiger partial charge on any atom is 0.174 e. The number of para-hydroxylation sites is 2.